The van der Waals surface area contributed by atoms with Gasteiger partial charge in [0.15, 0.2) is 17.5 Å². The van der Waals surface area contributed by atoms with Crippen LogP contribution in [0.4, 0.5) is 0 Å². The molecule has 0 radical (unpaired) electrons. The molecule has 0 N–H and O–H groups in total. The number of aromatic nitrogens is 5. The van der Waals surface area contributed by atoms with Crippen molar-refractivity contribution < 1.29 is 4.42 Å². The zero-order valence-corrected chi connectivity index (χ0v) is 30.4. The first-order valence-corrected chi connectivity index (χ1v) is 18.6. The highest BCUT2D eigenvalue weighted by Crippen LogP contribution is 2.39. The van der Waals surface area contributed by atoms with Crippen molar-refractivity contribution in [3.63, 3.8) is 0 Å². The van der Waals surface area contributed by atoms with E-state index in [4.69, 9.17) is 29.3 Å². The molecule has 0 bridgehead atoms. The topological polar surface area (TPSA) is 101 Å². The van der Waals surface area contributed by atoms with Crippen molar-refractivity contribution in [2.45, 2.75) is 0 Å². The summed E-state index contributed by atoms with van der Waals surface area (Å²) in [6.45, 7) is 0. The first-order chi connectivity index (χ1) is 28.2. The number of hydrogen-bond donors (Lipinski definition) is 0. The predicted molar refractivity (Wildman–Crippen MR) is 225 cm³/mol. The van der Waals surface area contributed by atoms with Crippen molar-refractivity contribution in [2.75, 3.05) is 0 Å². The Hall–Kier alpha value is -8.08. The van der Waals surface area contributed by atoms with Gasteiger partial charge in [0.2, 0.25) is 0 Å². The average Bonchev–Trinajstić information content (AvgIpc) is 3.67. The molecule has 10 rings (SSSR count). The second-order valence-corrected chi connectivity index (χ2v) is 13.6. The summed E-state index contributed by atoms with van der Waals surface area (Å²) in [4.78, 5) is 25.9. The summed E-state index contributed by atoms with van der Waals surface area (Å²) in [7, 11) is 0. The van der Waals surface area contributed by atoms with Crippen molar-refractivity contribution in [1.29, 1.82) is 5.26 Å². The van der Waals surface area contributed by atoms with Gasteiger partial charge in [-0.25, -0.2) is 24.9 Å². The third-order valence-electron chi connectivity index (χ3n) is 9.98. The maximum Gasteiger partial charge on any atom is 0.164 e. The molecule has 0 saturated heterocycles. The summed E-state index contributed by atoms with van der Waals surface area (Å²) in [5.74, 6) is 1.60. The number of benzene rings is 7. The Labute approximate surface area is 328 Å². The predicted octanol–water partition coefficient (Wildman–Crippen LogP) is 12.1. The molecule has 0 fully saturated rings. The summed E-state index contributed by atoms with van der Waals surface area (Å²) in [5, 5.41) is 11.7. The highest BCUT2D eigenvalue weighted by molar-refractivity contribution is 6.05. The number of nitriles is 1. The van der Waals surface area contributed by atoms with Crippen LogP contribution in [0.25, 0.3) is 101 Å². The van der Waals surface area contributed by atoms with Crippen LogP contribution in [-0.4, -0.2) is 24.9 Å². The van der Waals surface area contributed by atoms with Crippen LogP contribution in [0.3, 0.4) is 0 Å². The standard InChI is InChI=1S/C50H30N6O/c51-31-32-23-25-35(26-24-32)46-47(53-45(34-15-6-2-7-16-34)44(52-46)33-13-4-1-5-14-33)37-19-12-20-38(29-37)49-54-48(36-17-8-3-9-18-36)55-50(56-49)39-27-28-41-40-21-10-11-22-42(40)57-43(41)30-39/h1-30H. The summed E-state index contributed by atoms with van der Waals surface area (Å²) in [5.41, 5.74) is 11.1. The summed E-state index contributed by atoms with van der Waals surface area (Å²) >= 11 is 0. The Balaban J connectivity index is 1.17. The fraction of sp³-hybridized carbons (Fsp3) is 0. The first kappa shape index (κ1) is 33.5. The van der Waals surface area contributed by atoms with E-state index in [9.17, 15) is 5.26 Å². The van der Waals surface area contributed by atoms with Crippen molar-refractivity contribution in [2.24, 2.45) is 0 Å². The van der Waals surface area contributed by atoms with Crippen molar-refractivity contribution in [3.8, 4) is 85.3 Å². The van der Waals surface area contributed by atoms with Crippen LogP contribution in [0.15, 0.2) is 186 Å². The zero-order valence-electron chi connectivity index (χ0n) is 30.4. The number of para-hydroxylation sites is 1. The highest BCUT2D eigenvalue weighted by Gasteiger charge is 2.21. The lowest BCUT2D eigenvalue weighted by Crippen LogP contribution is -2.02. The maximum atomic E-state index is 9.59. The van der Waals surface area contributed by atoms with E-state index >= 15 is 0 Å². The molecule has 10 aromatic rings. The quantitative estimate of drug-likeness (QED) is 0.161. The van der Waals surface area contributed by atoms with Crippen LogP contribution >= 0.6 is 0 Å². The number of hydrogen-bond acceptors (Lipinski definition) is 7. The summed E-state index contributed by atoms with van der Waals surface area (Å²) in [6.07, 6.45) is 0. The van der Waals surface area contributed by atoms with E-state index in [0.717, 1.165) is 72.3 Å². The minimum atomic E-state index is 0.516. The largest absolute Gasteiger partial charge is 0.456 e. The van der Waals surface area contributed by atoms with Crippen LogP contribution in [0.1, 0.15) is 5.56 Å². The lowest BCUT2D eigenvalue weighted by atomic mass is 9.98. The summed E-state index contributed by atoms with van der Waals surface area (Å²) in [6, 6.07) is 62.1. The van der Waals surface area contributed by atoms with Gasteiger partial charge >= 0.3 is 0 Å². The Morgan fingerprint density at radius 3 is 1.39 bits per heavy atom. The van der Waals surface area contributed by atoms with Crippen molar-refractivity contribution >= 4 is 21.9 Å². The van der Waals surface area contributed by atoms with Crippen LogP contribution in [-0.2, 0) is 0 Å². The van der Waals surface area contributed by atoms with Gasteiger partial charge in [0, 0.05) is 49.7 Å². The molecule has 3 aromatic heterocycles. The van der Waals surface area contributed by atoms with Crippen molar-refractivity contribution in [1.82, 2.24) is 24.9 Å². The van der Waals surface area contributed by atoms with Gasteiger partial charge in [0.05, 0.1) is 34.4 Å². The van der Waals surface area contributed by atoms with Crippen LogP contribution < -0.4 is 0 Å². The molecule has 0 saturated carbocycles. The van der Waals surface area contributed by atoms with Gasteiger partial charge in [-0.15, -0.1) is 0 Å². The molecule has 7 nitrogen and oxygen atoms in total. The van der Waals surface area contributed by atoms with E-state index < -0.39 is 0 Å². The molecular formula is C50H30N6O. The lowest BCUT2D eigenvalue weighted by molar-refractivity contribution is 0.669. The fourth-order valence-corrected chi connectivity index (χ4v) is 7.16. The zero-order chi connectivity index (χ0) is 38.1. The normalized spacial score (nSPS) is 11.1. The molecule has 0 aliphatic heterocycles. The Morgan fingerprint density at radius 1 is 0.333 bits per heavy atom. The van der Waals surface area contributed by atoms with Crippen LogP contribution in [0.5, 0.6) is 0 Å². The Morgan fingerprint density at radius 2 is 0.772 bits per heavy atom. The molecule has 3 heterocycles. The highest BCUT2D eigenvalue weighted by atomic mass is 16.3. The molecule has 57 heavy (non-hydrogen) atoms. The molecule has 0 unspecified atom stereocenters. The molecule has 7 aromatic carbocycles. The minimum Gasteiger partial charge on any atom is -0.456 e. The molecule has 7 heteroatoms. The van der Waals surface area contributed by atoms with Gasteiger partial charge in [-0.2, -0.15) is 5.26 Å². The smallest absolute Gasteiger partial charge is 0.164 e. The maximum absolute atomic E-state index is 9.59. The van der Waals surface area contributed by atoms with Crippen LogP contribution in [0.2, 0.25) is 0 Å². The second kappa shape index (κ2) is 14.3. The van der Waals surface area contributed by atoms with Crippen LogP contribution in [0, 0.1) is 11.3 Å². The van der Waals surface area contributed by atoms with Gasteiger partial charge in [-0.1, -0.05) is 146 Å². The van der Waals surface area contributed by atoms with E-state index in [-0.39, 0.29) is 0 Å². The number of nitrogens with zero attached hydrogens (tertiary/aromatic N) is 6. The van der Waals surface area contributed by atoms with Gasteiger partial charge in [-0.05, 0) is 36.4 Å². The second-order valence-electron chi connectivity index (χ2n) is 13.6. The van der Waals surface area contributed by atoms with Gasteiger partial charge in [0.1, 0.15) is 11.2 Å². The number of fused-ring (bicyclic) bond motifs is 3. The number of furan rings is 1. The molecule has 0 atom stereocenters. The monoisotopic (exact) mass is 730 g/mol. The van der Waals surface area contributed by atoms with E-state index in [0.29, 0.717) is 34.4 Å². The first-order valence-electron chi connectivity index (χ1n) is 18.6. The third kappa shape index (κ3) is 6.37. The van der Waals surface area contributed by atoms with E-state index in [1.54, 1.807) is 0 Å². The average molecular weight is 731 g/mol. The molecule has 0 aliphatic carbocycles. The van der Waals surface area contributed by atoms with Gasteiger partial charge in [0.25, 0.3) is 0 Å². The molecule has 0 amide bonds. The van der Waals surface area contributed by atoms with Crippen molar-refractivity contribution in [3.05, 3.63) is 188 Å². The molecular weight excluding hydrogens is 701 g/mol. The SMILES string of the molecule is N#Cc1ccc(-c2nc(-c3ccccc3)c(-c3ccccc3)nc2-c2cccc(-c3nc(-c4ccccc4)nc(-c4ccc5c(c4)oc4ccccc45)n3)c2)cc1. The fourth-order valence-electron chi connectivity index (χ4n) is 7.16. The third-order valence-corrected chi connectivity index (χ3v) is 9.98. The molecule has 266 valence electrons. The summed E-state index contributed by atoms with van der Waals surface area (Å²) < 4.78 is 6.25. The number of rotatable bonds is 7. The lowest BCUT2D eigenvalue weighted by Gasteiger charge is -2.16. The minimum absolute atomic E-state index is 0.516. The molecule has 0 aliphatic rings. The van der Waals surface area contributed by atoms with E-state index in [1.165, 1.54) is 0 Å². The Kier molecular flexibility index (Phi) is 8.40. The Bertz CT molecular complexity index is 3120. The van der Waals surface area contributed by atoms with E-state index in [1.807, 2.05) is 152 Å². The van der Waals surface area contributed by atoms with Gasteiger partial charge < -0.3 is 4.42 Å². The van der Waals surface area contributed by atoms with Gasteiger partial charge in [-0.3, -0.25) is 0 Å². The van der Waals surface area contributed by atoms with E-state index in [2.05, 4.69) is 36.4 Å². The molecule has 0 spiro atoms.